The first-order valence-corrected chi connectivity index (χ1v) is 14.9. The molecule has 2 heteroatoms. The molecule has 6 aromatic rings. The first-order chi connectivity index (χ1) is 21.6. The zero-order chi connectivity index (χ0) is 30.2. The predicted molar refractivity (Wildman–Crippen MR) is 183 cm³/mol. The number of allylic oxidation sites excluding steroid dienone is 2. The van der Waals surface area contributed by atoms with Crippen LogP contribution in [0.4, 0.5) is 0 Å². The molecule has 0 radical (unpaired) electrons. The van der Waals surface area contributed by atoms with Crippen LogP contribution in [0.25, 0.3) is 49.7 Å². The van der Waals surface area contributed by atoms with E-state index in [0.717, 1.165) is 28.7 Å². The van der Waals surface area contributed by atoms with E-state index in [4.69, 9.17) is 4.74 Å². The molecule has 0 amide bonds. The van der Waals surface area contributed by atoms with Gasteiger partial charge in [0, 0.05) is 0 Å². The highest BCUT2D eigenvalue weighted by Crippen LogP contribution is 2.53. The van der Waals surface area contributed by atoms with E-state index in [2.05, 4.69) is 110 Å². The Bertz CT molecular complexity index is 2100. The van der Waals surface area contributed by atoms with Crippen molar-refractivity contribution in [3.05, 3.63) is 173 Å². The van der Waals surface area contributed by atoms with E-state index in [-0.39, 0.29) is 5.97 Å². The van der Waals surface area contributed by atoms with Crippen molar-refractivity contribution in [2.75, 3.05) is 7.11 Å². The van der Waals surface area contributed by atoms with E-state index in [1.165, 1.54) is 62.4 Å². The van der Waals surface area contributed by atoms with E-state index >= 15 is 0 Å². The van der Waals surface area contributed by atoms with Gasteiger partial charge in [0.05, 0.1) is 12.7 Å². The fourth-order valence-corrected chi connectivity index (χ4v) is 6.86. The zero-order valence-corrected chi connectivity index (χ0v) is 24.9. The Morgan fingerprint density at radius 2 is 1.30 bits per heavy atom. The third-order valence-corrected chi connectivity index (χ3v) is 8.69. The Balaban J connectivity index is 1.56. The average Bonchev–Trinajstić information content (AvgIpc) is 3.46. The summed E-state index contributed by atoms with van der Waals surface area (Å²) in [6.45, 7) is 6.04. The molecule has 7 rings (SSSR count). The summed E-state index contributed by atoms with van der Waals surface area (Å²) in [5, 5.41) is 2.49. The predicted octanol–water partition coefficient (Wildman–Crippen LogP) is 10.5. The Morgan fingerprint density at radius 3 is 1.95 bits per heavy atom. The summed E-state index contributed by atoms with van der Waals surface area (Å²) < 4.78 is 5.22. The van der Waals surface area contributed by atoms with Gasteiger partial charge in [-0.3, -0.25) is 0 Å². The molecule has 6 aromatic carbocycles. The van der Waals surface area contributed by atoms with Crippen LogP contribution in [-0.4, -0.2) is 13.1 Å². The van der Waals surface area contributed by atoms with Gasteiger partial charge in [0.1, 0.15) is 0 Å². The number of aryl methyl sites for hydroxylation is 1. The van der Waals surface area contributed by atoms with Crippen molar-refractivity contribution in [3.8, 4) is 33.4 Å². The second-order valence-corrected chi connectivity index (χ2v) is 11.2. The van der Waals surface area contributed by atoms with Crippen molar-refractivity contribution < 1.29 is 9.53 Å². The Labute approximate surface area is 258 Å². The Kier molecular flexibility index (Phi) is 7.04. The third-order valence-electron chi connectivity index (χ3n) is 8.69. The molecule has 0 N–H and O–H groups in total. The highest BCUT2D eigenvalue weighted by molar-refractivity contribution is 6.14. The van der Waals surface area contributed by atoms with Gasteiger partial charge in [0.25, 0.3) is 0 Å². The van der Waals surface area contributed by atoms with Crippen LogP contribution in [0.15, 0.2) is 140 Å². The smallest absolute Gasteiger partial charge is 0.338 e. The Morgan fingerprint density at radius 1 is 0.659 bits per heavy atom. The highest BCUT2D eigenvalue weighted by Gasteiger charge is 2.31. The van der Waals surface area contributed by atoms with E-state index < -0.39 is 0 Å². The molecular formula is C42H32O2. The highest BCUT2D eigenvalue weighted by atomic mass is 16.5. The molecule has 1 aliphatic carbocycles. The minimum Gasteiger partial charge on any atom is -0.465 e. The van der Waals surface area contributed by atoms with Gasteiger partial charge in [-0.2, -0.15) is 0 Å². The summed E-state index contributed by atoms with van der Waals surface area (Å²) in [5.41, 5.74) is 14.5. The number of ether oxygens (including phenoxy) is 1. The number of benzene rings is 6. The number of rotatable bonds is 6. The fourth-order valence-electron chi connectivity index (χ4n) is 6.86. The molecule has 0 atom stereocenters. The minimum atomic E-state index is -0.349. The molecule has 0 fully saturated rings. The SMILES string of the molecule is C=C/C=C(/c1ccc(C)cc1C(=O)OC)c1cccc2c1Cc1c-2c(-c2ccccc2)c2ccccc2c1-c1ccccc1. The van der Waals surface area contributed by atoms with Gasteiger partial charge in [-0.25, -0.2) is 4.79 Å². The number of hydrogen-bond acceptors (Lipinski definition) is 2. The maximum Gasteiger partial charge on any atom is 0.338 e. The van der Waals surface area contributed by atoms with E-state index in [1.54, 1.807) is 6.08 Å². The molecular weight excluding hydrogens is 536 g/mol. The van der Waals surface area contributed by atoms with Gasteiger partial charge >= 0.3 is 5.97 Å². The molecule has 0 saturated heterocycles. The summed E-state index contributed by atoms with van der Waals surface area (Å²) in [4.78, 5) is 13.0. The molecule has 0 heterocycles. The second-order valence-electron chi connectivity index (χ2n) is 11.2. The average molecular weight is 569 g/mol. The van der Waals surface area contributed by atoms with Gasteiger partial charge in [-0.1, -0.05) is 140 Å². The molecule has 44 heavy (non-hydrogen) atoms. The molecule has 0 spiro atoms. The van der Waals surface area contributed by atoms with Crippen molar-refractivity contribution in [2.45, 2.75) is 13.3 Å². The Hall–Kier alpha value is -5.47. The van der Waals surface area contributed by atoms with Crippen molar-refractivity contribution in [1.82, 2.24) is 0 Å². The number of fused-ring (bicyclic) bond motifs is 4. The molecule has 212 valence electrons. The van der Waals surface area contributed by atoms with Crippen LogP contribution < -0.4 is 0 Å². The van der Waals surface area contributed by atoms with Crippen LogP contribution >= 0.6 is 0 Å². The summed E-state index contributed by atoms with van der Waals surface area (Å²) in [7, 11) is 1.43. The number of esters is 1. The van der Waals surface area contributed by atoms with Crippen LogP contribution in [0.2, 0.25) is 0 Å². The molecule has 0 aliphatic heterocycles. The molecule has 0 unspecified atom stereocenters. The van der Waals surface area contributed by atoms with Crippen molar-refractivity contribution in [2.24, 2.45) is 0 Å². The van der Waals surface area contributed by atoms with E-state index in [0.29, 0.717) is 5.56 Å². The van der Waals surface area contributed by atoms with Gasteiger partial charge in [0.15, 0.2) is 0 Å². The molecule has 0 saturated carbocycles. The first-order valence-electron chi connectivity index (χ1n) is 14.9. The summed E-state index contributed by atoms with van der Waals surface area (Å²) in [6, 6.07) is 42.8. The van der Waals surface area contributed by atoms with Crippen LogP contribution in [-0.2, 0) is 11.2 Å². The first kappa shape index (κ1) is 27.4. The lowest BCUT2D eigenvalue weighted by molar-refractivity contribution is 0.0600. The quantitative estimate of drug-likeness (QED) is 0.147. The standard InChI is InChI=1S/C42H32O2/c1-4-14-30(32-24-23-27(2)25-37(32)42(43)44-3)31-21-13-22-35-36(31)26-38-39(28-15-7-5-8-16-28)33-19-11-12-20-34(33)40(41(35)38)29-17-9-6-10-18-29/h4-25H,1,26H2,2-3H3/b30-14+. The van der Waals surface area contributed by atoms with Gasteiger partial charge in [0.2, 0.25) is 0 Å². The summed E-state index contributed by atoms with van der Waals surface area (Å²) in [6.07, 6.45) is 4.59. The lowest BCUT2D eigenvalue weighted by atomic mass is 9.83. The maximum atomic E-state index is 13.0. The van der Waals surface area contributed by atoms with Crippen LogP contribution in [0, 0.1) is 6.92 Å². The van der Waals surface area contributed by atoms with Crippen molar-refractivity contribution >= 4 is 22.3 Å². The van der Waals surface area contributed by atoms with Crippen LogP contribution in [0.3, 0.4) is 0 Å². The number of hydrogen-bond donors (Lipinski definition) is 0. The molecule has 0 bridgehead atoms. The summed E-state index contributed by atoms with van der Waals surface area (Å²) >= 11 is 0. The fraction of sp³-hybridized carbons (Fsp3) is 0.0714. The summed E-state index contributed by atoms with van der Waals surface area (Å²) in [5.74, 6) is -0.349. The lowest BCUT2D eigenvalue weighted by Gasteiger charge is -2.19. The zero-order valence-electron chi connectivity index (χ0n) is 24.9. The van der Waals surface area contributed by atoms with E-state index in [9.17, 15) is 4.79 Å². The number of methoxy groups -OCH3 is 1. The van der Waals surface area contributed by atoms with Gasteiger partial charge < -0.3 is 4.74 Å². The molecule has 2 nitrogen and oxygen atoms in total. The monoisotopic (exact) mass is 568 g/mol. The largest absolute Gasteiger partial charge is 0.465 e. The van der Waals surface area contributed by atoms with Crippen LogP contribution in [0.5, 0.6) is 0 Å². The normalized spacial score (nSPS) is 12.1. The van der Waals surface area contributed by atoms with E-state index in [1.807, 2.05) is 31.2 Å². The maximum absolute atomic E-state index is 13.0. The number of carbonyl (C=O) groups is 1. The van der Waals surface area contributed by atoms with Crippen molar-refractivity contribution in [3.63, 3.8) is 0 Å². The molecule has 1 aliphatic rings. The number of carbonyl (C=O) groups excluding carboxylic acids is 1. The minimum absolute atomic E-state index is 0.349. The van der Waals surface area contributed by atoms with Crippen LogP contribution in [0.1, 0.15) is 38.2 Å². The van der Waals surface area contributed by atoms with Gasteiger partial charge in [-0.05, 0) is 91.4 Å². The molecule has 0 aromatic heterocycles. The lowest BCUT2D eigenvalue weighted by Crippen LogP contribution is -2.07. The van der Waals surface area contributed by atoms with Crippen molar-refractivity contribution in [1.29, 1.82) is 0 Å². The third kappa shape index (κ3) is 4.47. The second kappa shape index (κ2) is 11.3. The topological polar surface area (TPSA) is 26.3 Å². The van der Waals surface area contributed by atoms with Gasteiger partial charge in [-0.15, -0.1) is 0 Å².